The van der Waals surface area contributed by atoms with Crippen molar-refractivity contribution in [3.63, 3.8) is 0 Å². The molecule has 0 aliphatic heterocycles. The summed E-state index contributed by atoms with van der Waals surface area (Å²) in [4.78, 5) is 14.4. The quantitative estimate of drug-likeness (QED) is 0.472. The highest BCUT2D eigenvalue weighted by molar-refractivity contribution is 5.88. The van der Waals surface area contributed by atoms with Crippen LogP contribution in [0.4, 0.5) is 0 Å². The maximum Gasteiger partial charge on any atom is 0.339 e. The van der Waals surface area contributed by atoms with Crippen molar-refractivity contribution in [1.82, 2.24) is 4.98 Å². The van der Waals surface area contributed by atoms with Crippen LogP contribution < -0.4 is 4.74 Å². The molecule has 58 valence electrons. The molecule has 11 heavy (non-hydrogen) atoms. The van der Waals surface area contributed by atoms with Gasteiger partial charge in [0.15, 0.2) is 12.7 Å². The van der Waals surface area contributed by atoms with Gasteiger partial charge in [-0.25, -0.2) is 4.79 Å². The molecule has 0 fully saturated rings. The second-order valence-corrected chi connectivity index (χ2v) is 2.00. The zero-order valence-corrected chi connectivity index (χ0v) is 6.03. The molecular weight excluding hydrogens is 146 g/mol. The van der Waals surface area contributed by atoms with E-state index in [1.807, 2.05) is 0 Å². The molecule has 0 aliphatic carbocycles. The van der Waals surface area contributed by atoms with Crippen LogP contribution in [0.2, 0.25) is 0 Å². The fourth-order valence-electron chi connectivity index (χ4n) is 0.434. The van der Waals surface area contributed by atoms with Crippen LogP contribution in [0.5, 0.6) is 5.88 Å². The van der Waals surface area contributed by atoms with Gasteiger partial charge in [0.2, 0.25) is 0 Å². The van der Waals surface area contributed by atoms with Crippen molar-refractivity contribution < 1.29 is 13.9 Å². The molecule has 1 aromatic rings. The van der Waals surface area contributed by atoms with Gasteiger partial charge in [-0.3, -0.25) is 0 Å². The molecule has 0 N–H and O–H groups in total. The van der Waals surface area contributed by atoms with Crippen LogP contribution in [0.15, 0.2) is 29.2 Å². The molecule has 0 aliphatic rings. The summed E-state index contributed by atoms with van der Waals surface area (Å²) in [6.45, 7) is 4.96. The minimum atomic E-state index is -0.501. The molecule has 0 unspecified atom stereocenters. The maximum atomic E-state index is 10.8. The Labute approximate surface area is 63.5 Å². The second-order valence-electron chi connectivity index (χ2n) is 2.00. The van der Waals surface area contributed by atoms with Crippen molar-refractivity contribution in [3.8, 4) is 5.88 Å². The number of hydrogen-bond acceptors (Lipinski definition) is 4. The molecule has 0 amide bonds. The average molecular weight is 153 g/mol. The van der Waals surface area contributed by atoms with E-state index in [2.05, 4.69) is 20.7 Å². The first-order chi connectivity index (χ1) is 5.20. The zero-order chi connectivity index (χ0) is 8.27. The Bertz CT molecular complexity index is 263. The van der Waals surface area contributed by atoms with Crippen LogP contribution in [0, 0.1) is 0 Å². The smallest absolute Gasteiger partial charge is 0.339 e. The van der Waals surface area contributed by atoms with Gasteiger partial charge in [-0.05, 0) is 6.92 Å². The average Bonchev–Trinajstić information content (AvgIpc) is 2.39. The summed E-state index contributed by atoms with van der Waals surface area (Å²) in [5.41, 5.74) is 0.327. The molecule has 4 nitrogen and oxygen atoms in total. The first-order valence-electron chi connectivity index (χ1n) is 2.96. The van der Waals surface area contributed by atoms with E-state index >= 15 is 0 Å². The fourth-order valence-corrected chi connectivity index (χ4v) is 0.434. The number of ether oxygens (including phenoxy) is 1. The van der Waals surface area contributed by atoms with Crippen molar-refractivity contribution in [2.75, 3.05) is 0 Å². The highest BCUT2D eigenvalue weighted by atomic mass is 16.5. The SMILES string of the molecule is C=C(C)C(=O)Oc1cocn1. The van der Waals surface area contributed by atoms with Gasteiger partial charge < -0.3 is 9.15 Å². The number of nitrogens with zero attached hydrogens (tertiary/aromatic N) is 1. The molecular formula is C7H7NO3. The molecule has 0 saturated heterocycles. The molecule has 1 heterocycles. The Balaban J connectivity index is 2.57. The van der Waals surface area contributed by atoms with Crippen molar-refractivity contribution in [2.24, 2.45) is 0 Å². The lowest BCUT2D eigenvalue weighted by molar-refractivity contribution is -0.130. The molecule has 0 spiro atoms. The third kappa shape index (κ3) is 1.93. The monoisotopic (exact) mass is 153 g/mol. The lowest BCUT2D eigenvalue weighted by Gasteiger charge is -1.96. The van der Waals surface area contributed by atoms with Gasteiger partial charge in [-0.2, -0.15) is 4.98 Å². The molecule has 1 rings (SSSR count). The van der Waals surface area contributed by atoms with Gasteiger partial charge in [0.25, 0.3) is 5.88 Å². The minimum Gasteiger partial charge on any atom is -0.448 e. The van der Waals surface area contributed by atoms with E-state index in [0.717, 1.165) is 0 Å². The summed E-state index contributed by atoms with van der Waals surface area (Å²) in [7, 11) is 0. The molecule has 0 radical (unpaired) electrons. The normalized spacial score (nSPS) is 9.18. The molecule has 0 atom stereocenters. The van der Waals surface area contributed by atoms with Crippen LogP contribution in [0.1, 0.15) is 6.92 Å². The third-order valence-corrected chi connectivity index (χ3v) is 0.955. The van der Waals surface area contributed by atoms with Crippen LogP contribution in [0.3, 0.4) is 0 Å². The second kappa shape index (κ2) is 3.01. The summed E-state index contributed by atoms with van der Waals surface area (Å²) in [5, 5.41) is 0. The van der Waals surface area contributed by atoms with E-state index in [1.165, 1.54) is 12.7 Å². The molecule has 4 heteroatoms. The van der Waals surface area contributed by atoms with Crippen LogP contribution in [0.25, 0.3) is 0 Å². The number of oxazole rings is 1. The Morgan fingerprint density at radius 3 is 3.00 bits per heavy atom. The fraction of sp³-hybridized carbons (Fsp3) is 0.143. The predicted octanol–water partition coefficient (Wildman–Crippen LogP) is 1.16. The first kappa shape index (κ1) is 7.53. The Morgan fingerprint density at radius 1 is 1.82 bits per heavy atom. The van der Waals surface area contributed by atoms with Gasteiger partial charge in [0.1, 0.15) is 0 Å². The van der Waals surface area contributed by atoms with Crippen molar-refractivity contribution >= 4 is 5.97 Å². The highest BCUT2D eigenvalue weighted by Gasteiger charge is 2.05. The number of esters is 1. The minimum absolute atomic E-state index is 0.151. The summed E-state index contributed by atoms with van der Waals surface area (Å²) in [6, 6.07) is 0. The number of aromatic nitrogens is 1. The number of hydrogen-bond donors (Lipinski definition) is 0. The van der Waals surface area contributed by atoms with Crippen molar-refractivity contribution in [1.29, 1.82) is 0 Å². The van der Waals surface area contributed by atoms with Crippen molar-refractivity contribution in [3.05, 3.63) is 24.8 Å². The van der Waals surface area contributed by atoms with E-state index in [4.69, 9.17) is 0 Å². The third-order valence-electron chi connectivity index (χ3n) is 0.955. The number of carbonyl (C=O) groups is 1. The van der Waals surface area contributed by atoms with E-state index in [0.29, 0.717) is 5.57 Å². The lowest BCUT2D eigenvalue weighted by Crippen LogP contribution is -2.08. The summed E-state index contributed by atoms with van der Waals surface area (Å²) >= 11 is 0. The van der Waals surface area contributed by atoms with Gasteiger partial charge >= 0.3 is 5.97 Å². The zero-order valence-electron chi connectivity index (χ0n) is 6.03. The van der Waals surface area contributed by atoms with E-state index in [9.17, 15) is 4.79 Å². The topological polar surface area (TPSA) is 52.3 Å². The lowest BCUT2D eigenvalue weighted by atomic mass is 10.4. The summed E-state index contributed by atoms with van der Waals surface area (Å²) in [6.07, 6.45) is 2.42. The summed E-state index contributed by atoms with van der Waals surface area (Å²) < 4.78 is 9.25. The molecule has 1 aromatic heterocycles. The van der Waals surface area contributed by atoms with E-state index < -0.39 is 5.97 Å². The largest absolute Gasteiger partial charge is 0.448 e. The van der Waals surface area contributed by atoms with Crippen LogP contribution in [-0.2, 0) is 4.79 Å². The first-order valence-corrected chi connectivity index (χ1v) is 2.96. The van der Waals surface area contributed by atoms with Gasteiger partial charge in [0.05, 0.1) is 0 Å². The number of carbonyl (C=O) groups excluding carboxylic acids is 1. The molecule has 0 saturated carbocycles. The standard InChI is InChI=1S/C7H7NO3/c1-5(2)7(9)11-6-3-10-4-8-6/h3-4H,1H2,2H3. The molecule has 0 aromatic carbocycles. The van der Waals surface area contributed by atoms with Crippen molar-refractivity contribution in [2.45, 2.75) is 6.92 Å². The van der Waals surface area contributed by atoms with E-state index in [-0.39, 0.29) is 5.88 Å². The predicted molar refractivity (Wildman–Crippen MR) is 37.0 cm³/mol. The van der Waals surface area contributed by atoms with Gasteiger partial charge in [0, 0.05) is 5.57 Å². The summed E-state index contributed by atoms with van der Waals surface area (Å²) in [5.74, 6) is -0.350. The molecule has 0 bridgehead atoms. The highest BCUT2D eigenvalue weighted by Crippen LogP contribution is 2.06. The van der Waals surface area contributed by atoms with Gasteiger partial charge in [-0.1, -0.05) is 6.58 Å². The maximum absolute atomic E-state index is 10.8. The van der Waals surface area contributed by atoms with Crippen LogP contribution >= 0.6 is 0 Å². The Hall–Kier alpha value is -1.58. The Kier molecular flexibility index (Phi) is 2.06. The number of rotatable bonds is 2. The van der Waals surface area contributed by atoms with E-state index in [1.54, 1.807) is 6.92 Å². The van der Waals surface area contributed by atoms with Crippen LogP contribution in [-0.4, -0.2) is 11.0 Å². The van der Waals surface area contributed by atoms with Gasteiger partial charge in [-0.15, -0.1) is 0 Å². The Morgan fingerprint density at radius 2 is 2.55 bits per heavy atom.